The number of nitrogens with one attached hydrogen (secondary N) is 2. The van der Waals surface area contributed by atoms with E-state index >= 15 is 0 Å². The van der Waals surface area contributed by atoms with Crippen LogP contribution in [0.15, 0.2) is 72.9 Å². The Morgan fingerprint density at radius 2 is 1.95 bits per heavy atom. The maximum absolute atomic E-state index is 14.4. The first-order valence-corrected chi connectivity index (χ1v) is 13.9. The van der Waals surface area contributed by atoms with Gasteiger partial charge < -0.3 is 34.6 Å². The molecule has 0 aliphatic carbocycles. The van der Waals surface area contributed by atoms with Crippen molar-refractivity contribution in [3.63, 3.8) is 0 Å². The second kappa shape index (κ2) is 11.7. The van der Waals surface area contributed by atoms with Gasteiger partial charge in [-0.05, 0) is 60.4 Å². The number of carbonyl (C=O) groups excluding carboxylic acids is 1. The van der Waals surface area contributed by atoms with Gasteiger partial charge in [-0.2, -0.15) is 0 Å². The van der Waals surface area contributed by atoms with Crippen LogP contribution in [0.1, 0.15) is 21.5 Å². The molecule has 6 rings (SSSR count). The third kappa shape index (κ3) is 5.13. The lowest BCUT2D eigenvalue weighted by Gasteiger charge is -2.24. The predicted molar refractivity (Wildman–Crippen MR) is 158 cm³/mol. The van der Waals surface area contributed by atoms with E-state index in [-0.39, 0.29) is 25.7 Å². The number of methoxy groups -OCH3 is 1. The fourth-order valence-electron chi connectivity index (χ4n) is 5.82. The van der Waals surface area contributed by atoms with Gasteiger partial charge in [0.25, 0.3) is 5.91 Å². The van der Waals surface area contributed by atoms with Crippen LogP contribution in [0.3, 0.4) is 0 Å². The van der Waals surface area contributed by atoms with Crippen LogP contribution in [-0.4, -0.2) is 58.6 Å². The van der Waals surface area contributed by atoms with Crippen molar-refractivity contribution in [1.29, 1.82) is 0 Å². The van der Waals surface area contributed by atoms with Crippen LogP contribution in [-0.2, 0) is 19.4 Å². The first-order valence-electron chi connectivity index (χ1n) is 13.9. The van der Waals surface area contributed by atoms with Crippen molar-refractivity contribution in [2.75, 3.05) is 26.9 Å². The fourth-order valence-corrected chi connectivity index (χ4v) is 5.82. The highest BCUT2D eigenvalue weighted by Crippen LogP contribution is 2.42. The van der Waals surface area contributed by atoms with E-state index in [1.165, 1.54) is 12.1 Å². The Hall–Kier alpha value is -4.60. The molecule has 0 saturated heterocycles. The van der Waals surface area contributed by atoms with Crippen molar-refractivity contribution in [1.82, 2.24) is 14.9 Å². The molecule has 216 valence electrons. The second-order valence-electron chi connectivity index (χ2n) is 10.4. The predicted octanol–water partition coefficient (Wildman–Crippen LogP) is 4.71. The number of carbonyl (C=O) groups is 1. The van der Waals surface area contributed by atoms with Crippen molar-refractivity contribution >= 4 is 16.8 Å². The van der Waals surface area contributed by atoms with E-state index in [4.69, 9.17) is 9.47 Å². The lowest BCUT2D eigenvalue weighted by Crippen LogP contribution is -2.39. The average molecular weight is 570 g/mol. The smallest absolute Gasteiger partial charge is 0.253 e. The van der Waals surface area contributed by atoms with Gasteiger partial charge >= 0.3 is 0 Å². The number of halogens is 1. The second-order valence-corrected chi connectivity index (χ2v) is 10.4. The summed E-state index contributed by atoms with van der Waals surface area (Å²) in [6.45, 7) is 0.287. The zero-order chi connectivity index (χ0) is 29.2. The number of aliphatic hydroxyl groups is 2. The van der Waals surface area contributed by atoms with Crippen molar-refractivity contribution in [3.05, 3.63) is 95.4 Å². The van der Waals surface area contributed by atoms with E-state index in [2.05, 4.69) is 10.3 Å². The number of nitrogens with zero attached hydrogens (tertiary/aromatic N) is 1. The van der Waals surface area contributed by atoms with E-state index < -0.39 is 11.9 Å². The molecule has 1 amide bonds. The van der Waals surface area contributed by atoms with Gasteiger partial charge in [0.1, 0.15) is 12.4 Å². The molecule has 42 heavy (non-hydrogen) atoms. The molecule has 0 unspecified atom stereocenters. The maximum Gasteiger partial charge on any atom is 0.253 e. The Balaban J connectivity index is 1.40. The van der Waals surface area contributed by atoms with Crippen molar-refractivity contribution < 1.29 is 28.9 Å². The molecule has 0 bridgehead atoms. The largest absolute Gasteiger partial charge is 0.493 e. The standard InChI is InChI=1S/C33H32FN3O5/c1-41-30-15-20-9-10-37-29(26(20)17-31(30)42-12-11-38)16-27(32(37)21-5-4-6-23(34)13-21)33(40)36-24(19-39)14-22-18-35-28-8-3-2-7-25(22)28/h2-8,13,15-18,24,35,38-39H,9-12,14,19H2,1H3,(H,36,40)/t24-/m1/s1. The Bertz CT molecular complexity index is 1760. The molecule has 5 aromatic rings. The van der Waals surface area contributed by atoms with Gasteiger partial charge in [-0.25, -0.2) is 4.39 Å². The minimum absolute atomic E-state index is 0.108. The zero-order valence-electron chi connectivity index (χ0n) is 23.2. The average Bonchev–Trinajstić information content (AvgIpc) is 3.61. The number of rotatable bonds is 10. The monoisotopic (exact) mass is 569 g/mol. The molecule has 1 aliphatic heterocycles. The molecular formula is C33H32FN3O5. The fraction of sp³-hybridized carbons (Fsp3) is 0.242. The van der Waals surface area contributed by atoms with Crippen LogP contribution in [0.4, 0.5) is 4.39 Å². The topological polar surface area (TPSA) is 109 Å². The van der Waals surface area contributed by atoms with E-state index in [9.17, 15) is 19.4 Å². The first-order chi connectivity index (χ1) is 20.5. The van der Waals surface area contributed by atoms with Gasteiger partial charge in [-0.3, -0.25) is 4.79 Å². The number of benzene rings is 3. The summed E-state index contributed by atoms with van der Waals surface area (Å²) >= 11 is 0. The van der Waals surface area contributed by atoms with Gasteiger partial charge in [0.05, 0.1) is 37.6 Å². The number of aliphatic hydroxyl groups excluding tert-OH is 2. The molecule has 4 N–H and O–H groups in total. The number of fused-ring (bicyclic) bond motifs is 4. The molecule has 3 aromatic carbocycles. The zero-order valence-corrected chi connectivity index (χ0v) is 23.2. The molecule has 9 heteroatoms. The third-order valence-corrected chi connectivity index (χ3v) is 7.76. The van der Waals surface area contributed by atoms with Gasteiger partial charge in [-0.1, -0.05) is 30.3 Å². The van der Waals surface area contributed by atoms with Gasteiger partial charge in [0.2, 0.25) is 0 Å². The molecule has 3 heterocycles. The van der Waals surface area contributed by atoms with E-state index in [0.717, 1.165) is 33.3 Å². The highest BCUT2D eigenvalue weighted by atomic mass is 19.1. The summed E-state index contributed by atoms with van der Waals surface area (Å²) in [6.07, 6.45) is 3.00. The van der Waals surface area contributed by atoms with Gasteiger partial charge in [0.15, 0.2) is 11.5 Å². The summed E-state index contributed by atoms with van der Waals surface area (Å²) in [5.41, 5.74) is 6.22. The highest BCUT2D eigenvalue weighted by molar-refractivity contribution is 6.02. The SMILES string of the molecule is COc1cc2c(cc1OCCO)-c1cc(C(=O)N[C@@H](CO)Cc3c[nH]c4ccccc34)c(-c3cccc(F)c3)n1CC2. The summed E-state index contributed by atoms with van der Waals surface area (Å²) in [4.78, 5) is 17.2. The molecule has 0 saturated carbocycles. The Morgan fingerprint density at radius 3 is 2.74 bits per heavy atom. The van der Waals surface area contributed by atoms with Crippen molar-refractivity contribution in [3.8, 4) is 34.0 Å². The molecule has 0 radical (unpaired) electrons. The molecule has 8 nitrogen and oxygen atoms in total. The summed E-state index contributed by atoms with van der Waals surface area (Å²) in [5, 5.41) is 23.6. The number of hydrogen-bond donors (Lipinski definition) is 4. The number of ether oxygens (including phenoxy) is 2. The summed E-state index contributed by atoms with van der Waals surface area (Å²) < 4.78 is 27.7. The van der Waals surface area contributed by atoms with Crippen molar-refractivity contribution in [2.24, 2.45) is 0 Å². The van der Waals surface area contributed by atoms with E-state index in [0.29, 0.717) is 47.7 Å². The number of amides is 1. The third-order valence-electron chi connectivity index (χ3n) is 7.76. The highest BCUT2D eigenvalue weighted by Gasteiger charge is 2.29. The van der Waals surface area contributed by atoms with E-state index in [1.807, 2.05) is 53.2 Å². The molecular weight excluding hydrogens is 537 g/mol. The van der Waals surface area contributed by atoms with Crippen LogP contribution < -0.4 is 14.8 Å². The lowest BCUT2D eigenvalue weighted by atomic mass is 9.97. The van der Waals surface area contributed by atoms with Gasteiger partial charge in [0, 0.05) is 40.5 Å². The van der Waals surface area contributed by atoms with Crippen LogP contribution >= 0.6 is 0 Å². The first kappa shape index (κ1) is 27.6. The Morgan fingerprint density at radius 1 is 1.10 bits per heavy atom. The number of aromatic amines is 1. The quantitative estimate of drug-likeness (QED) is 0.195. The number of H-pyrrole nitrogens is 1. The molecule has 0 fully saturated rings. The van der Waals surface area contributed by atoms with E-state index in [1.54, 1.807) is 19.2 Å². The number of hydrogen-bond acceptors (Lipinski definition) is 5. The summed E-state index contributed by atoms with van der Waals surface area (Å²) in [7, 11) is 1.57. The maximum atomic E-state index is 14.4. The van der Waals surface area contributed by atoms with Crippen molar-refractivity contribution in [2.45, 2.75) is 25.4 Å². The van der Waals surface area contributed by atoms with Crippen LogP contribution in [0.25, 0.3) is 33.4 Å². The number of aromatic nitrogens is 2. The summed E-state index contributed by atoms with van der Waals surface area (Å²) in [5.74, 6) is 0.287. The normalized spacial score (nSPS) is 13.0. The molecule has 1 aliphatic rings. The Labute approximate surface area is 242 Å². The summed E-state index contributed by atoms with van der Waals surface area (Å²) in [6, 6.07) is 19.2. The number of aryl methyl sites for hydroxylation is 1. The lowest BCUT2D eigenvalue weighted by molar-refractivity contribution is 0.0917. The van der Waals surface area contributed by atoms with Crippen LogP contribution in [0.2, 0.25) is 0 Å². The minimum Gasteiger partial charge on any atom is -0.493 e. The van der Waals surface area contributed by atoms with Crippen LogP contribution in [0, 0.1) is 5.82 Å². The molecule has 1 atom stereocenters. The number of para-hydroxylation sites is 1. The molecule has 2 aromatic heterocycles. The minimum atomic E-state index is -0.538. The molecule has 0 spiro atoms. The van der Waals surface area contributed by atoms with Gasteiger partial charge in [-0.15, -0.1) is 0 Å². The van der Waals surface area contributed by atoms with Crippen LogP contribution in [0.5, 0.6) is 11.5 Å². The Kier molecular flexibility index (Phi) is 7.69.